The van der Waals surface area contributed by atoms with E-state index in [0.29, 0.717) is 0 Å². The van der Waals surface area contributed by atoms with Crippen LogP contribution in [0.25, 0.3) is 0 Å². The van der Waals surface area contributed by atoms with Gasteiger partial charge in [0.2, 0.25) is 0 Å². The molecule has 0 amide bonds. The Hall–Kier alpha value is -1.91. The summed E-state index contributed by atoms with van der Waals surface area (Å²) >= 11 is 0. The Kier molecular flexibility index (Phi) is 5.26. The first-order chi connectivity index (χ1) is 11.2. The van der Waals surface area contributed by atoms with Crippen molar-refractivity contribution in [1.82, 2.24) is 0 Å². The van der Waals surface area contributed by atoms with Crippen molar-refractivity contribution in [1.29, 1.82) is 0 Å². The fourth-order valence-electron chi connectivity index (χ4n) is 3.08. The number of aryl methyl sites for hydroxylation is 3. The highest BCUT2D eigenvalue weighted by Gasteiger charge is 2.13. The summed E-state index contributed by atoms with van der Waals surface area (Å²) in [6.45, 7) is 4.38. The average Bonchev–Trinajstić information content (AvgIpc) is 2.56. The zero-order valence-corrected chi connectivity index (χ0v) is 14.8. The molecule has 0 aromatic heterocycles. The average molecular weight is 318 g/mol. The molecule has 0 aliphatic heterocycles. The molecule has 0 saturated heterocycles. The van der Waals surface area contributed by atoms with Crippen LogP contribution in [0.5, 0.6) is 0 Å². The van der Waals surface area contributed by atoms with Crippen molar-refractivity contribution in [3.05, 3.63) is 95.6 Å². The van der Waals surface area contributed by atoms with Gasteiger partial charge in [-0.3, -0.25) is 0 Å². The van der Waals surface area contributed by atoms with Gasteiger partial charge >= 0.3 is 0 Å². The Morgan fingerprint density at radius 2 is 1.13 bits per heavy atom. The van der Waals surface area contributed by atoms with Crippen molar-refractivity contribution in [2.45, 2.75) is 20.3 Å². The lowest BCUT2D eigenvalue weighted by Gasteiger charge is -2.19. The van der Waals surface area contributed by atoms with E-state index in [1.165, 1.54) is 33.5 Å². The molecule has 0 radical (unpaired) electrons. The van der Waals surface area contributed by atoms with E-state index < -0.39 is 0 Å². The Labute approximate surface area is 141 Å². The van der Waals surface area contributed by atoms with E-state index in [0.717, 1.165) is 6.42 Å². The monoisotopic (exact) mass is 318 g/mol. The van der Waals surface area contributed by atoms with E-state index in [-0.39, 0.29) is 7.92 Å². The molecule has 3 rings (SSSR count). The van der Waals surface area contributed by atoms with E-state index in [9.17, 15) is 0 Å². The minimum absolute atomic E-state index is 0.294. The zero-order chi connectivity index (χ0) is 16.1. The van der Waals surface area contributed by atoms with Gasteiger partial charge in [-0.1, -0.05) is 90.0 Å². The number of hydrogen-bond donors (Lipinski definition) is 0. The van der Waals surface area contributed by atoms with Gasteiger partial charge in [-0.25, -0.2) is 0 Å². The van der Waals surface area contributed by atoms with Gasteiger partial charge in [0.1, 0.15) is 0 Å². The topological polar surface area (TPSA) is 0 Å². The Morgan fingerprint density at radius 1 is 0.652 bits per heavy atom. The molecular formula is C22H23P. The molecule has 0 fully saturated rings. The maximum atomic E-state index is 2.33. The van der Waals surface area contributed by atoms with Crippen molar-refractivity contribution in [2.24, 2.45) is 0 Å². The van der Waals surface area contributed by atoms with E-state index >= 15 is 0 Å². The fourth-order valence-corrected chi connectivity index (χ4v) is 5.44. The maximum Gasteiger partial charge on any atom is -0.0195 e. The molecule has 0 atom stereocenters. The minimum Gasteiger partial charge on any atom is -0.0622 e. The molecular weight excluding hydrogens is 295 g/mol. The number of hydrogen-bond acceptors (Lipinski definition) is 0. The molecule has 0 unspecified atom stereocenters. The summed E-state index contributed by atoms with van der Waals surface area (Å²) in [6.07, 6.45) is 2.34. The quantitative estimate of drug-likeness (QED) is 0.582. The van der Waals surface area contributed by atoms with Crippen LogP contribution in [0, 0.1) is 13.8 Å². The van der Waals surface area contributed by atoms with Crippen LogP contribution in [-0.2, 0) is 6.42 Å². The fraction of sp³-hybridized carbons (Fsp3) is 0.182. The standard InChI is InChI=1S/C22H23P/c1-18-15-19(2)17-20(16-18)13-14-23(21-9-5-3-6-10-21)22-11-7-4-8-12-22/h3-12,15-17H,13-14H2,1-2H3. The largest absolute Gasteiger partial charge is 0.0622 e. The predicted molar refractivity (Wildman–Crippen MR) is 104 cm³/mol. The van der Waals surface area contributed by atoms with Crippen molar-refractivity contribution < 1.29 is 0 Å². The smallest absolute Gasteiger partial charge is 0.0195 e. The van der Waals surface area contributed by atoms with Crippen molar-refractivity contribution in [3.63, 3.8) is 0 Å². The van der Waals surface area contributed by atoms with E-state index in [1.807, 2.05) is 0 Å². The highest BCUT2D eigenvalue weighted by atomic mass is 31.1. The second kappa shape index (κ2) is 7.57. The number of benzene rings is 3. The van der Waals surface area contributed by atoms with Crippen LogP contribution in [0.3, 0.4) is 0 Å². The third-order valence-electron chi connectivity index (χ3n) is 4.04. The van der Waals surface area contributed by atoms with Crippen LogP contribution in [0.4, 0.5) is 0 Å². The molecule has 116 valence electrons. The summed E-state index contributed by atoms with van der Waals surface area (Å²) in [7, 11) is -0.294. The molecule has 0 bridgehead atoms. The van der Waals surface area contributed by atoms with Crippen molar-refractivity contribution in [2.75, 3.05) is 6.16 Å². The van der Waals surface area contributed by atoms with Gasteiger partial charge in [0.05, 0.1) is 0 Å². The molecule has 0 nitrogen and oxygen atoms in total. The summed E-state index contributed by atoms with van der Waals surface area (Å²) in [4.78, 5) is 0. The van der Waals surface area contributed by atoms with Crippen LogP contribution >= 0.6 is 7.92 Å². The van der Waals surface area contributed by atoms with Gasteiger partial charge in [0.25, 0.3) is 0 Å². The summed E-state index contributed by atoms with van der Waals surface area (Å²) in [5.41, 5.74) is 4.19. The van der Waals surface area contributed by atoms with Crippen LogP contribution in [-0.4, -0.2) is 6.16 Å². The van der Waals surface area contributed by atoms with Gasteiger partial charge < -0.3 is 0 Å². The molecule has 23 heavy (non-hydrogen) atoms. The van der Waals surface area contributed by atoms with E-state index in [4.69, 9.17) is 0 Å². The third-order valence-corrected chi connectivity index (χ3v) is 6.56. The Bertz CT molecular complexity index is 688. The van der Waals surface area contributed by atoms with Crippen molar-refractivity contribution >= 4 is 18.5 Å². The van der Waals surface area contributed by atoms with Gasteiger partial charge in [-0.15, -0.1) is 0 Å². The molecule has 0 spiro atoms. The lowest BCUT2D eigenvalue weighted by molar-refractivity contribution is 1.13. The SMILES string of the molecule is Cc1cc(C)cc(CCP(c2ccccc2)c2ccccc2)c1. The van der Waals surface area contributed by atoms with Gasteiger partial charge in [-0.05, 0) is 50.5 Å². The molecule has 3 aromatic rings. The van der Waals surface area contributed by atoms with Gasteiger partial charge in [0, 0.05) is 0 Å². The molecule has 0 aliphatic carbocycles. The number of rotatable bonds is 5. The minimum atomic E-state index is -0.294. The second-order valence-corrected chi connectivity index (χ2v) is 8.40. The maximum absolute atomic E-state index is 2.33. The van der Waals surface area contributed by atoms with Crippen LogP contribution in [0.2, 0.25) is 0 Å². The first-order valence-electron chi connectivity index (χ1n) is 8.17. The normalized spacial score (nSPS) is 10.9. The highest BCUT2D eigenvalue weighted by Crippen LogP contribution is 2.34. The Balaban J connectivity index is 1.85. The van der Waals surface area contributed by atoms with Gasteiger partial charge in [-0.2, -0.15) is 0 Å². The summed E-state index contributed by atoms with van der Waals surface area (Å²) < 4.78 is 0. The zero-order valence-electron chi connectivity index (χ0n) is 13.9. The van der Waals surface area contributed by atoms with E-state index in [1.54, 1.807) is 0 Å². The lowest BCUT2D eigenvalue weighted by atomic mass is 10.1. The van der Waals surface area contributed by atoms with Gasteiger partial charge in [0.15, 0.2) is 0 Å². The molecule has 0 saturated carbocycles. The van der Waals surface area contributed by atoms with E-state index in [2.05, 4.69) is 92.7 Å². The second-order valence-electron chi connectivity index (χ2n) is 6.07. The molecule has 0 N–H and O–H groups in total. The summed E-state index contributed by atoms with van der Waals surface area (Å²) in [5, 5.41) is 2.94. The van der Waals surface area contributed by atoms with Crippen molar-refractivity contribution in [3.8, 4) is 0 Å². The molecule has 0 aliphatic rings. The molecule has 3 aromatic carbocycles. The molecule has 0 heterocycles. The first kappa shape index (κ1) is 16.0. The van der Waals surface area contributed by atoms with Crippen LogP contribution < -0.4 is 10.6 Å². The summed E-state index contributed by atoms with van der Waals surface area (Å²) in [6, 6.07) is 28.9. The highest BCUT2D eigenvalue weighted by molar-refractivity contribution is 7.73. The lowest BCUT2D eigenvalue weighted by Crippen LogP contribution is -2.14. The van der Waals surface area contributed by atoms with Crippen LogP contribution in [0.15, 0.2) is 78.9 Å². The Morgan fingerprint density at radius 3 is 1.61 bits per heavy atom. The third kappa shape index (κ3) is 4.30. The predicted octanol–water partition coefficient (Wildman–Crippen LogP) is 4.98. The van der Waals surface area contributed by atoms with Crippen LogP contribution in [0.1, 0.15) is 16.7 Å². The summed E-state index contributed by atoms with van der Waals surface area (Å²) in [5.74, 6) is 0. The molecule has 1 heteroatoms. The first-order valence-corrected chi connectivity index (χ1v) is 9.70.